The van der Waals surface area contributed by atoms with Crippen LogP contribution in [0, 0.1) is 5.82 Å². The molecule has 0 fully saturated rings. The van der Waals surface area contributed by atoms with Crippen molar-refractivity contribution in [1.29, 1.82) is 0 Å². The normalized spacial score (nSPS) is 10.8. The molecule has 0 spiro atoms. The van der Waals surface area contributed by atoms with E-state index >= 15 is 0 Å². The van der Waals surface area contributed by atoms with Gasteiger partial charge in [0.05, 0.1) is 7.11 Å². The van der Waals surface area contributed by atoms with Crippen LogP contribution in [0.5, 0.6) is 5.88 Å². The minimum absolute atomic E-state index is 0.241. The van der Waals surface area contributed by atoms with Gasteiger partial charge in [-0.25, -0.2) is 4.39 Å². The molecule has 0 amide bonds. The molecule has 1 N–H and O–H groups in total. The Bertz CT molecular complexity index is 689. The van der Waals surface area contributed by atoms with Gasteiger partial charge in [-0.15, -0.1) is 0 Å². The third-order valence-corrected chi connectivity index (χ3v) is 2.82. The van der Waals surface area contributed by atoms with Crippen LogP contribution in [0.15, 0.2) is 42.5 Å². The fourth-order valence-electron chi connectivity index (χ4n) is 1.89. The molecule has 0 bridgehead atoms. The SMILES string of the molecule is COc1ccc2cc(-c3ccc(F)cc3)[nH]c2n1. The average Bonchev–Trinajstić information content (AvgIpc) is 2.82. The summed E-state index contributed by atoms with van der Waals surface area (Å²) < 4.78 is 17.9. The zero-order valence-corrected chi connectivity index (χ0v) is 9.77. The van der Waals surface area contributed by atoms with E-state index in [2.05, 4.69) is 9.97 Å². The molecule has 3 rings (SSSR count). The molecule has 90 valence electrons. The molecule has 2 aromatic heterocycles. The Morgan fingerprint density at radius 2 is 1.89 bits per heavy atom. The second-order valence-electron chi connectivity index (χ2n) is 3.98. The first-order valence-electron chi connectivity index (χ1n) is 5.56. The van der Waals surface area contributed by atoms with Gasteiger partial charge in [0.25, 0.3) is 0 Å². The van der Waals surface area contributed by atoms with E-state index in [1.807, 2.05) is 18.2 Å². The average molecular weight is 242 g/mol. The predicted octanol–water partition coefficient (Wildman–Crippen LogP) is 3.38. The highest BCUT2D eigenvalue weighted by Gasteiger charge is 2.05. The van der Waals surface area contributed by atoms with Gasteiger partial charge in [-0.2, -0.15) is 4.98 Å². The van der Waals surface area contributed by atoms with Crippen molar-refractivity contribution in [1.82, 2.24) is 9.97 Å². The summed E-state index contributed by atoms with van der Waals surface area (Å²) in [5.41, 5.74) is 2.59. The Labute approximate surface area is 103 Å². The first kappa shape index (κ1) is 10.8. The summed E-state index contributed by atoms with van der Waals surface area (Å²) in [6.07, 6.45) is 0. The number of pyridine rings is 1. The van der Waals surface area contributed by atoms with Gasteiger partial charge >= 0.3 is 0 Å². The molecule has 1 aromatic carbocycles. The number of benzene rings is 1. The van der Waals surface area contributed by atoms with Crippen LogP contribution in [0.25, 0.3) is 22.3 Å². The first-order valence-corrected chi connectivity index (χ1v) is 5.56. The smallest absolute Gasteiger partial charge is 0.214 e. The first-order chi connectivity index (χ1) is 8.76. The summed E-state index contributed by atoms with van der Waals surface area (Å²) >= 11 is 0. The lowest BCUT2D eigenvalue weighted by molar-refractivity contribution is 0.399. The molecular formula is C14H11FN2O. The topological polar surface area (TPSA) is 37.9 Å². The van der Waals surface area contributed by atoms with Gasteiger partial charge in [-0.3, -0.25) is 0 Å². The van der Waals surface area contributed by atoms with Gasteiger partial charge in [-0.1, -0.05) is 0 Å². The molecule has 2 heterocycles. The van der Waals surface area contributed by atoms with Crippen molar-refractivity contribution in [3.63, 3.8) is 0 Å². The number of halogens is 1. The van der Waals surface area contributed by atoms with Gasteiger partial charge in [0, 0.05) is 17.1 Å². The van der Waals surface area contributed by atoms with Crippen LogP contribution >= 0.6 is 0 Å². The molecule has 0 aliphatic carbocycles. The standard InChI is InChI=1S/C14H11FN2O/c1-18-13-7-4-10-8-12(16-14(10)17-13)9-2-5-11(15)6-3-9/h2-8H,1H3,(H,16,17). The molecule has 4 heteroatoms. The molecule has 3 nitrogen and oxygen atoms in total. The Morgan fingerprint density at radius 3 is 2.61 bits per heavy atom. The Hall–Kier alpha value is -2.36. The van der Waals surface area contributed by atoms with Crippen LogP contribution in [0.2, 0.25) is 0 Å². The lowest BCUT2D eigenvalue weighted by Crippen LogP contribution is -1.86. The second kappa shape index (κ2) is 4.14. The number of fused-ring (bicyclic) bond motifs is 1. The van der Waals surface area contributed by atoms with Crippen molar-refractivity contribution in [2.45, 2.75) is 0 Å². The van der Waals surface area contributed by atoms with Crippen molar-refractivity contribution < 1.29 is 9.13 Å². The minimum atomic E-state index is -0.241. The molecule has 0 atom stereocenters. The summed E-state index contributed by atoms with van der Waals surface area (Å²) in [7, 11) is 1.58. The highest BCUT2D eigenvalue weighted by molar-refractivity contribution is 5.83. The van der Waals surface area contributed by atoms with Crippen molar-refractivity contribution >= 4 is 11.0 Å². The monoisotopic (exact) mass is 242 g/mol. The fraction of sp³-hybridized carbons (Fsp3) is 0.0714. The van der Waals surface area contributed by atoms with E-state index in [4.69, 9.17) is 4.74 Å². The lowest BCUT2D eigenvalue weighted by Gasteiger charge is -1.97. The van der Waals surface area contributed by atoms with Gasteiger partial charge in [0.2, 0.25) is 5.88 Å². The van der Waals surface area contributed by atoms with E-state index in [1.54, 1.807) is 19.2 Å². The Balaban J connectivity index is 2.10. The second-order valence-corrected chi connectivity index (χ2v) is 3.98. The summed E-state index contributed by atoms with van der Waals surface area (Å²) in [6.45, 7) is 0. The number of nitrogens with one attached hydrogen (secondary N) is 1. The number of H-pyrrole nitrogens is 1. The Kier molecular flexibility index (Phi) is 2.48. The van der Waals surface area contributed by atoms with E-state index in [0.29, 0.717) is 5.88 Å². The molecular weight excluding hydrogens is 231 g/mol. The van der Waals surface area contributed by atoms with Crippen LogP contribution in [0.1, 0.15) is 0 Å². The van der Waals surface area contributed by atoms with Gasteiger partial charge < -0.3 is 9.72 Å². The minimum Gasteiger partial charge on any atom is -0.481 e. The van der Waals surface area contributed by atoms with Crippen molar-refractivity contribution in [2.75, 3.05) is 7.11 Å². The highest BCUT2D eigenvalue weighted by Crippen LogP contribution is 2.24. The molecule has 0 saturated heterocycles. The zero-order chi connectivity index (χ0) is 12.5. The molecule has 0 unspecified atom stereocenters. The van der Waals surface area contributed by atoms with Gasteiger partial charge in [0.1, 0.15) is 11.5 Å². The number of methoxy groups -OCH3 is 1. The van der Waals surface area contributed by atoms with Crippen molar-refractivity contribution in [3.8, 4) is 17.1 Å². The van der Waals surface area contributed by atoms with E-state index in [-0.39, 0.29) is 5.82 Å². The van der Waals surface area contributed by atoms with Crippen LogP contribution in [0.4, 0.5) is 4.39 Å². The number of rotatable bonds is 2. The van der Waals surface area contributed by atoms with Crippen molar-refractivity contribution in [2.24, 2.45) is 0 Å². The van der Waals surface area contributed by atoms with Gasteiger partial charge in [-0.05, 0) is 42.0 Å². The lowest BCUT2D eigenvalue weighted by atomic mass is 10.1. The third-order valence-electron chi connectivity index (χ3n) is 2.82. The maximum absolute atomic E-state index is 12.9. The summed E-state index contributed by atoms with van der Waals surface area (Å²) in [4.78, 5) is 7.50. The summed E-state index contributed by atoms with van der Waals surface area (Å²) in [6, 6.07) is 12.1. The summed E-state index contributed by atoms with van der Waals surface area (Å²) in [5, 5.41) is 0.995. The maximum Gasteiger partial charge on any atom is 0.214 e. The molecule has 3 aromatic rings. The highest BCUT2D eigenvalue weighted by atomic mass is 19.1. The fourth-order valence-corrected chi connectivity index (χ4v) is 1.89. The maximum atomic E-state index is 12.9. The van der Waals surface area contributed by atoms with E-state index in [1.165, 1.54) is 12.1 Å². The number of hydrogen-bond donors (Lipinski definition) is 1. The van der Waals surface area contributed by atoms with Gasteiger partial charge in [0.15, 0.2) is 0 Å². The van der Waals surface area contributed by atoms with Crippen LogP contribution in [-0.4, -0.2) is 17.1 Å². The number of nitrogens with zero attached hydrogens (tertiary/aromatic N) is 1. The predicted molar refractivity (Wildman–Crippen MR) is 68.0 cm³/mol. The number of aromatic nitrogens is 2. The largest absolute Gasteiger partial charge is 0.481 e. The van der Waals surface area contributed by atoms with E-state index < -0.39 is 0 Å². The molecule has 0 aliphatic heterocycles. The van der Waals surface area contributed by atoms with Crippen LogP contribution in [-0.2, 0) is 0 Å². The van der Waals surface area contributed by atoms with Crippen molar-refractivity contribution in [3.05, 3.63) is 48.3 Å². The van der Waals surface area contributed by atoms with Crippen LogP contribution < -0.4 is 4.74 Å². The summed E-state index contributed by atoms with van der Waals surface area (Å²) in [5.74, 6) is 0.324. The molecule has 18 heavy (non-hydrogen) atoms. The quantitative estimate of drug-likeness (QED) is 0.748. The molecule has 0 aliphatic rings. The van der Waals surface area contributed by atoms with E-state index in [9.17, 15) is 4.39 Å². The molecule has 0 radical (unpaired) electrons. The number of hydrogen-bond acceptors (Lipinski definition) is 2. The molecule has 0 saturated carbocycles. The van der Waals surface area contributed by atoms with Crippen LogP contribution in [0.3, 0.4) is 0 Å². The zero-order valence-electron chi connectivity index (χ0n) is 9.77. The van der Waals surface area contributed by atoms with E-state index in [0.717, 1.165) is 22.3 Å². The Morgan fingerprint density at radius 1 is 1.11 bits per heavy atom. The number of aromatic amines is 1. The third kappa shape index (κ3) is 1.82. The number of ether oxygens (including phenoxy) is 1.